The summed E-state index contributed by atoms with van der Waals surface area (Å²) in [5.74, 6) is -0.497. The first kappa shape index (κ1) is 22.2. The van der Waals surface area contributed by atoms with E-state index in [9.17, 15) is 23.3 Å². The number of carbonyl (C=O) groups is 1. The van der Waals surface area contributed by atoms with E-state index in [0.717, 1.165) is 22.3 Å². The highest BCUT2D eigenvalue weighted by Crippen LogP contribution is 2.25. The molecule has 0 aliphatic carbocycles. The summed E-state index contributed by atoms with van der Waals surface area (Å²) in [6.07, 6.45) is 0.957. The molecule has 0 aromatic heterocycles. The molecule has 0 aliphatic rings. The minimum atomic E-state index is -3.85. The van der Waals surface area contributed by atoms with E-state index >= 15 is 0 Å². The first-order valence-corrected chi connectivity index (χ1v) is 10.7. The molecule has 29 heavy (non-hydrogen) atoms. The van der Waals surface area contributed by atoms with Crippen molar-refractivity contribution in [1.29, 1.82) is 0 Å². The molecule has 1 atom stereocenters. The highest BCUT2D eigenvalue weighted by molar-refractivity contribution is 7.92. The second kappa shape index (κ2) is 9.37. The number of sulfonamides is 1. The van der Waals surface area contributed by atoms with Gasteiger partial charge in [-0.25, -0.2) is 8.42 Å². The lowest BCUT2D eigenvalue weighted by Gasteiger charge is -2.28. The Kier molecular flexibility index (Phi) is 7.16. The van der Waals surface area contributed by atoms with Gasteiger partial charge in [0.2, 0.25) is 15.9 Å². The Morgan fingerprint density at radius 2 is 1.76 bits per heavy atom. The smallest absolute Gasteiger partial charge is 0.271 e. The van der Waals surface area contributed by atoms with Crippen molar-refractivity contribution < 1.29 is 18.1 Å². The molecular weight excluding hydrogens is 396 g/mol. The number of nitrogens with one attached hydrogen (secondary N) is 1. The molecule has 2 aromatic carbocycles. The first-order valence-electron chi connectivity index (χ1n) is 8.89. The fourth-order valence-electron chi connectivity index (χ4n) is 2.86. The largest absolute Gasteiger partial charge is 0.373 e. The van der Waals surface area contributed by atoms with E-state index in [2.05, 4.69) is 5.32 Å². The summed E-state index contributed by atoms with van der Waals surface area (Å²) in [6, 6.07) is 13.7. The number of nitrogens with zero attached hydrogens (tertiary/aromatic N) is 3. The van der Waals surface area contributed by atoms with E-state index in [1.807, 2.05) is 42.3 Å². The predicted molar refractivity (Wildman–Crippen MR) is 113 cm³/mol. The highest BCUT2D eigenvalue weighted by atomic mass is 32.2. The number of likely N-dealkylation sites (N-methyl/N-ethyl adjacent to an activating group) is 1. The van der Waals surface area contributed by atoms with E-state index < -0.39 is 26.9 Å². The molecular formula is C19H24N4O5S. The summed E-state index contributed by atoms with van der Waals surface area (Å²) in [5, 5.41) is 13.7. The van der Waals surface area contributed by atoms with Gasteiger partial charge in [-0.15, -0.1) is 0 Å². The van der Waals surface area contributed by atoms with Gasteiger partial charge in [-0.05, 0) is 25.1 Å². The van der Waals surface area contributed by atoms with Crippen LogP contribution < -0.4 is 14.5 Å². The zero-order chi connectivity index (χ0) is 21.6. The maximum atomic E-state index is 12.6. The number of hydrogen-bond donors (Lipinski definition) is 1. The Morgan fingerprint density at radius 3 is 2.34 bits per heavy atom. The minimum absolute atomic E-state index is 0.0609. The Labute approximate surface area is 170 Å². The fraction of sp³-hybridized carbons (Fsp3) is 0.316. The van der Waals surface area contributed by atoms with Gasteiger partial charge in [0.25, 0.3) is 5.69 Å². The van der Waals surface area contributed by atoms with Crippen LogP contribution in [0.1, 0.15) is 6.92 Å². The van der Waals surface area contributed by atoms with Crippen LogP contribution in [-0.4, -0.2) is 51.7 Å². The Hall–Kier alpha value is -3.14. The van der Waals surface area contributed by atoms with Crippen molar-refractivity contribution in [2.45, 2.75) is 13.0 Å². The van der Waals surface area contributed by atoms with Gasteiger partial charge < -0.3 is 10.2 Å². The van der Waals surface area contributed by atoms with Crippen LogP contribution in [0.15, 0.2) is 54.6 Å². The molecule has 1 N–H and O–H groups in total. The number of para-hydroxylation sites is 1. The highest BCUT2D eigenvalue weighted by Gasteiger charge is 2.29. The molecule has 0 aliphatic heterocycles. The number of hydrogen-bond acceptors (Lipinski definition) is 6. The number of carbonyl (C=O) groups excluding carboxylic acids is 1. The summed E-state index contributed by atoms with van der Waals surface area (Å²) in [7, 11) is -1.96. The molecule has 0 saturated heterocycles. The standard InChI is InChI=1S/C19H24N4O5S/c1-15(19(24)20-12-13-21(2)16-8-5-4-6-9-16)22(29(3,27)28)17-10-7-11-18(14-17)23(25)26/h4-11,14-15H,12-13H2,1-3H3,(H,20,24)/t15-/m1/s1. The molecule has 156 valence electrons. The van der Waals surface area contributed by atoms with Crippen molar-refractivity contribution in [3.05, 3.63) is 64.7 Å². The summed E-state index contributed by atoms with van der Waals surface area (Å²) in [4.78, 5) is 24.9. The Morgan fingerprint density at radius 1 is 1.14 bits per heavy atom. The zero-order valence-corrected chi connectivity index (χ0v) is 17.3. The van der Waals surface area contributed by atoms with Crippen LogP contribution in [0.2, 0.25) is 0 Å². The molecule has 2 rings (SSSR count). The minimum Gasteiger partial charge on any atom is -0.373 e. The van der Waals surface area contributed by atoms with Gasteiger partial charge in [0.15, 0.2) is 0 Å². The van der Waals surface area contributed by atoms with E-state index in [-0.39, 0.29) is 11.4 Å². The molecule has 0 bridgehead atoms. The van der Waals surface area contributed by atoms with Crippen LogP contribution in [0.4, 0.5) is 17.1 Å². The van der Waals surface area contributed by atoms with Crippen molar-refractivity contribution >= 4 is 33.0 Å². The third-order valence-corrected chi connectivity index (χ3v) is 5.57. The van der Waals surface area contributed by atoms with E-state index in [1.54, 1.807) is 0 Å². The molecule has 0 spiro atoms. The fourth-order valence-corrected chi connectivity index (χ4v) is 4.03. The summed E-state index contributed by atoms with van der Waals surface area (Å²) in [5.41, 5.74) is 0.795. The molecule has 0 heterocycles. The van der Waals surface area contributed by atoms with E-state index in [1.165, 1.54) is 25.1 Å². The normalized spacial score (nSPS) is 12.1. The summed E-state index contributed by atoms with van der Waals surface area (Å²) < 4.78 is 25.5. The molecule has 1 amide bonds. The van der Waals surface area contributed by atoms with Crippen LogP contribution in [0, 0.1) is 10.1 Å². The second-order valence-electron chi connectivity index (χ2n) is 6.56. The van der Waals surface area contributed by atoms with E-state index in [0.29, 0.717) is 13.1 Å². The number of non-ortho nitro benzene ring substituents is 1. The van der Waals surface area contributed by atoms with Crippen molar-refractivity contribution in [3.8, 4) is 0 Å². The Bertz CT molecular complexity index is 966. The number of anilines is 2. The maximum Gasteiger partial charge on any atom is 0.271 e. The summed E-state index contributed by atoms with van der Waals surface area (Å²) in [6.45, 7) is 2.27. The van der Waals surface area contributed by atoms with Crippen LogP contribution in [0.3, 0.4) is 0 Å². The summed E-state index contributed by atoms with van der Waals surface area (Å²) >= 11 is 0. The number of rotatable bonds is 9. The van der Waals surface area contributed by atoms with Crippen molar-refractivity contribution in [3.63, 3.8) is 0 Å². The molecule has 0 fully saturated rings. The SMILES string of the molecule is C[C@H](C(=O)NCCN(C)c1ccccc1)N(c1cccc([N+](=O)[O-])c1)S(C)(=O)=O. The second-order valence-corrected chi connectivity index (χ2v) is 8.42. The van der Waals surface area contributed by atoms with Gasteiger partial charge in [0.05, 0.1) is 16.9 Å². The zero-order valence-electron chi connectivity index (χ0n) is 16.5. The predicted octanol–water partition coefficient (Wildman–Crippen LogP) is 2.00. The quantitative estimate of drug-likeness (QED) is 0.490. The van der Waals surface area contributed by atoms with Gasteiger partial charge in [-0.2, -0.15) is 0 Å². The lowest BCUT2D eigenvalue weighted by Crippen LogP contribution is -2.49. The molecule has 0 saturated carbocycles. The molecule has 2 aromatic rings. The van der Waals surface area contributed by atoms with Gasteiger partial charge in [-0.3, -0.25) is 19.2 Å². The average Bonchev–Trinajstić information content (AvgIpc) is 2.67. The lowest BCUT2D eigenvalue weighted by molar-refractivity contribution is -0.384. The van der Waals surface area contributed by atoms with Crippen molar-refractivity contribution in [2.75, 3.05) is 35.6 Å². The third-order valence-electron chi connectivity index (χ3n) is 4.33. The topological polar surface area (TPSA) is 113 Å². The van der Waals surface area contributed by atoms with Crippen LogP contribution in [-0.2, 0) is 14.8 Å². The number of nitro benzene ring substituents is 1. The molecule has 0 radical (unpaired) electrons. The Balaban J connectivity index is 2.09. The monoisotopic (exact) mass is 420 g/mol. The van der Waals surface area contributed by atoms with Gasteiger partial charge in [0, 0.05) is 38.0 Å². The maximum absolute atomic E-state index is 12.6. The van der Waals surface area contributed by atoms with Gasteiger partial charge >= 0.3 is 0 Å². The third kappa shape index (κ3) is 5.92. The van der Waals surface area contributed by atoms with Crippen LogP contribution >= 0.6 is 0 Å². The molecule has 9 nitrogen and oxygen atoms in total. The lowest BCUT2D eigenvalue weighted by atomic mass is 10.2. The van der Waals surface area contributed by atoms with Gasteiger partial charge in [0.1, 0.15) is 6.04 Å². The van der Waals surface area contributed by atoms with Crippen LogP contribution in [0.25, 0.3) is 0 Å². The van der Waals surface area contributed by atoms with Gasteiger partial charge in [-0.1, -0.05) is 24.3 Å². The van der Waals surface area contributed by atoms with Crippen molar-refractivity contribution in [1.82, 2.24) is 5.32 Å². The van der Waals surface area contributed by atoms with E-state index in [4.69, 9.17) is 0 Å². The van der Waals surface area contributed by atoms with Crippen molar-refractivity contribution in [2.24, 2.45) is 0 Å². The first-order chi connectivity index (χ1) is 13.6. The molecule has 0 unspecified atom stereocenters. The number of nitro groups is 1. The van der Waals surface area contributed by atoms with Crippen LogP contribution in [0.5, 0.6) is 0 Å². The number of amides is 1. The number of benzene rings is 2. The average molecular weight is 420 g/mol. The molecule has 10 heteroatoms.